The SMILES string of the molecule is Cc1ccnc(Nc2ccccc2C(C)Cl)c1Br. The van der Waals surface area contributed by atoms with E-state index >= 15 is 0 Å². The smallest absolute Gasteiger partial charge is 0.144 e. The highest BCUT2D eigenvalue weighted by Gasteiger charge is 2.10. The standard InChI is InChI=1S/C14H14BrClN2/c1-9-7-8-17-14(13(9)15)18-12-6-4-3-5-11(12)10(2)16/h3-8,10H,1-2H3,(H,17,18). The summed E-state index contributed by atoms with van der Waals surface area (Å²) < 4.78 is 0.974. The molecule has 1 heterocycles. The number of halogens is 2. The summed E-state index contributed by atoms with van der Waals surface area (Å²) in [7, 11) is 0. The van der Waals surface area contributed by atoms with Crippen molar-refractivity contribution in [3.05, 3.63) is 52.1 Å². The lowest BCUT2D eigenvalue weighted by Gasteiger charge is -2.14. The number of nitrogens with one attached hydrogen (secondary N) is 1. The second-order valence-electron chi connectivity index (χ2n) is 4.12. The summed E-state index contributed by atoms with van der Waals surface area (Å²) in [6.45, 7) is 3.99. The number of nitrogens with zero attached hydrogens (tertiary/aromatic N) is 1. The Hall–Kier alpha value is -1.06. The van der Waals surface area contributed by atoms with Crippen LogP contribution in [0.1, 0.15) is 23.4 Å². The first-order chi connectivity index (χ1) is 8.59. The molecule has 0 spiro atoms. The lowest BCUT2D eigenvalue weighted by molar-refractivity contribution is 1.08. The van der Waals surface area contributed by atoms with Crippen molar-refractivity contribution < 1.29 is 0 Å². The Morgan fingerprint density at radius 1 is 1.28 bits per heavy atom. The second kappa shape index (κ2) is 5.72. The maximum absolute atomic E-state index is 6.17. The lowest BCUT2D eigenvalue weighted by atomic mass is 10.1. The van der Waals surface area contributed by atoms with Gasteiger partial charge >= 0.3 is 0 Å². The zero-order valence-electron chi connectivity index (χ0n) is 10.2. The van der Waals surface area contributed by atoms with Gasteiger partial charge in [-0.25, -0.2) is 4.98 Å². The molecule has 0 fully saturated rings. The number of aryl methyl sites for hydroxylation is 1. The minimum absolute atomic E-state index is 0.0442. The number of para-hydroxylation sites is 1. The number of rotatable bonds is 3. The van der Waals surface area contributed by atoms with Gasteiger partial charge in [0.2, 0.25) is 0 Å². The zero-order valence-corrected chi connectivity index (χ0v) is 12.6. The number of hydrogen-bond donors (Lipinski definition) is 1. The van der Waals surface area contributed by atoms with Crippen molar-refractivity contribution in [2.24, 2.45) is 0 Å². The van der Waals surface area contributed by atoms with Crippen molar-refractivity contribution in [1.82, 2.24) is 4.98 Å². The number of pyridine rings is 1. The normalized spacial score (nSPS) is 12.2. The van der Waals surface area contributed by atoms with Gasteiger partial charge in [0.25, 0.3) is 0 Å². The zero-order chi connectivity index (χ0) is 13.1. The second-order valence-corrected chi connectivity index (χ2v) is 5.57. The molecule has 1 unspecified atom stereocenters. The van der Waals surface area contributed by atoms with Crippen LogP contribution in [0, 0.1) is 6.92 Å². The van der Waals surface area contributed by atoms with E-state index in [1.807, 2.05) is 44.2 Å². The van der Waals surface area contributed by atoms with E-state index in [2.05, 4.69) is 26.2 Å². The van der Waals surface area contributed by atoms with Crippen LogP contribution in [-0.2, 0) is 0 Å². The maximum Gasteiger partial charge on any atom is 0.144 e. The summed E-state index contributed by atoms with van der Waals surface area (Å²) in [5, 5.41) is 3.28. The minimum Gasteiger partial charge on any atom is -0.339 e. The summed E-state index contributed by atoms with van der Waals surface area (Å²) in [5.74, 6) is 0.805. The van der Waals surface area contributed by atoms with E-state index in [0.29, 0.717) is 0 Å². The van der Waals surface area contributed by atoms with E-state index in [1.165, 1.54) is 0 Å². The summed E-state index contributed by atoms with van der Waals surface area (Å²) in [6, 6.07) is 9.95. The van der Waals surface area contributed by atoms with Gasteiger partial charge in [0.05, 0.1) is 9.85 Å². The van der Waals surface area contributed by atoms with Crippen molar-refractivity contribution in [2.45, 2.75) is 19.2 Å². The van der Waals surface area contributed by atoms with Gasteiger partial charge in [-0.3, -0.25) is 0 Å². The number of aromatic nitrogens is 1. The van der Waals surface area contributed by atoms with Gasteiger partial charge in [0, 0.05) is 11.9 Å². The first-order valence-corrected chi connectivity index (χ1v) is 6.93. The van der Waals surface area contributed by atoms with Crippen LogP contribution in [0.25, 0.3) is 0 Å². The Kier molecular flexibility index (Phi) is 4.25. The molecule has 1 atom stereocenters. The summed E-state index contributed by atoms with van der Waals surface area (Å²) in [5.41, 5.74) is 3.19. The Bertz CT molecular complexity index is 555. The molecule has 2 nitrogen and oxygen atoms in total. The van der Waals surface area contributed by atoms with Crippen molar-refractivity contribution in [3.8, 4) is 0 Å². The number of anilines is 2. The predicted octanol–water partition coefficient (Wildman–Crippen LogP) is 5.20. The van der Waals surface area contributed by atoms with Crippen molar-refractivity contribution in [1.29, 1.82) is 0 Å². The molecule has 1 aromatic heterocycles. The third kappa shape index (κ3) is 2.85. The third-order valence-corrected chi connectivity index (χ3v) is 3.96. The lowest BCUT2D eigenvalue weighted by Crippen LogP contribution is -1.99. The van der Waals surface area contributed by atoms with Crippen molar-refractivity contribution in [3.63, 3.8) is 0 Å². The molecule has 0 bridgehead atoms. The van der Waals surface area contributed by atoms with Crippen molar-refractivity contribution in [2.75, 3.05) is 5.32 Å². The fraction of sp³-hybridized carbons (Fsp3) is 0.214. The summed E-state index contributed by atoms with van der Waals surface area (Å²) in [4.78, 5) is 4.33. The molecule has 1 N–H and O–H groups in total. The van der Waals surface area contributed by atoms with Gasteiger partial charge in [-0.05, 0) is 53.0 Å². The number of alkyl halides is 1. The average molecular weight is 326 g/mol. The van der Waals surface area contributed by atoms with E-state index in [1.54, 1.807) is 6.20 Å². The van der Waals surface area contributed by atoms with Gasteiger partial charge in [0.15, 0.2) is 0 Å². The van der Waals surface area contributed by atoms with Crippen LogP contribution in [-0.4, -0.2) is 4.98 Å². The van der Waals surface area contributed by atoms with Crippen LogP contribution >= 0.6 is 27.5 Å². The van der Waals surface area contributed by atoms with E-state index < -0.39 is 0 Å². The van der Waals surface area contributed by atoms with Crippen LogP contribution in [0.2, 0.25) is 0 Å². The molecule has 0 saturated heterocycles. The van der Waals surface area contributed by atoms with Crippen LogP contribution in [0.3, 0.4) is 0 Å². The molecule has 2 rings (SSSR count). The molecule has 2 aromatic rings. The first kappa shape index (κ1) is 13.4. The Balaban J connectivity index is 2.37. The fourth-order valence-electron chi connectivity index (χ4n) is 1.71. The molecule has 0 aliphatic carbocycles. The molecule has 1 aromatic carbocycles. The quantitative estimate of drug-likeness (QED) is 0.785. The Morgan fingerprint density at radius 3 is 2.72 bits per heavy atom. The average Bonchev–Trinajstić information content (AvgIpc) is 2.35. The summed E-state index contributed by atoms with van der Waals surface area (Å²) in [6.07, 6.45) is 1.79. The molecule has 0 aliphatic rings. The van der Waals surface area contributed by atoms with Crippen molar-refractivity contribution >= 4 is 39.0 Å². The molecular formula is C14H14BrClN2. The van der Waals surface area contributed by atoms with E-state index in [-0.39, 0.29) is 5.38 Å². The van der Waals surface area contributed by atoms with Crippen LogP contribution in [0.5, 0.6) is 0 Å². The Labute approximate surface area is 121 Å². The molecule has 18 heavy (non-hydrogen) atoms. The largest absolute Gasteiger partial charge is 0.339 e. The van der Waals surface area contributed by atoms with E-state index in [4.69, 9.17) is 11.6 Å². The van der Waals surface area contributed by atoms with Crippen LogP contribution in [0.4, 0.5) is 11.5 Å². The first-order valence-electron chi connectivity index (χ1n) is 5.70. The molecule has 4 heteroatoms. The monoisotopic (exact) mass is 324 g/mol. The number of benzene rings is 1. The fourth-order valence-corrected chi connectivity index (χ4v) is 2.24. The molecule has 0 amide bonds. The highest BCUT2D eigenvalue weighted by atomic mass is 79.9. The van der Waals surface area contributed by atoms with Crippen LogP contribution < -0.4 is 5.32 Å². The highest BCUT2D eigenvalue weighted by molar-refractivity contribution is 9.10. The molecular weight excluding hydrogens is 312 g/mol. The predicted molar refractivity (Wildman–Crippen MR) is 80.7 cm³/mol. The third-order valence-electron chi connectivity index (χ3n) is 2.72. The van der Waals surface area contributed by atoms with Crippen LogP contribution in [0.15, 0.2) is 41.0 Å². The van der Waals surface area contributed by atoms with Gasteiger partial charge < -0.3 is 5.32 Å². The molecule has 0 radical (unpaired) electrons. The van der Waals surface area contributed by atoms with Gasteiger partial charge in [0.1, 0.15) is 5.82 Å². The highest BCUT2D eigenvalue weighted by Crippen LogP contribution is 2.32. The molecule has 0 saturated carbocycles. The summed E-state index contributed by atoms with van der Waals surface area (Å²) >= 11 is 9.71. The van der Waals surface area contributed by atoms with Gasteiger partial charge in [-0.15, -0.1) is 11.6 Å². The Morgan fingerprint density at radius 2 is 2.00 bits per heavy atom. The maximum atomic E-state index is 6.17. The van der Waals surface area contributed by atoms with E-state index in [9.17, 15) is 0 Å². The molecule has 94 valence electrons. The van der Waals surface area contributed by atoms with Gasteiger partial charge in [-0.2, -0.15) is 0 Å². The minimum atomic E-state index is -0.0442. The van der Waals surface area contributed by atoms with E-state index in [0.717, 1.165) is 27.1 Å². The van der Waals surface area contributed by atoms with Gasteiger partial charge in [-0.1, -0.05) is 18.2 Å². The topological polar surface area (TPSA) is 24.9 Å². The number of hydrogen-bond acceptors (Lipinski definition) is 2. The molecule has 0 aliphatic heterocycles.